The largest absolute Gasteiger partial charge is 0.484 e. The number of aryl methyl sites for hydroxylation is 1. The van der Waals surface area contributed by atoms with E-state index in [2.05, 4.69) is 5.32 Å². The lowest BCUT2D eigenvalue weighted by Crippen LogP contribution is -2.42. The highest BCUT2D eigenvalue weighted by Gasteiger charge is 2.17. The third kappa shape index (κ3) is 6.29. The molecule has 1 aliphatic rings. The van der Waals surface area contributed by atoms with E-state index < -0.39 is 0 Å². The zero-order valence-corrected chi connectivity index (χ0v) is 16.2. The molecule has 0 aliphatic carbocycles. The Labute approximate surface area is 169 Å². The SMILES string of the molecule is O=C(NCCCc1ccccc1F)c1ccc(OCC(=O)N2CCOCC2)cc1. The summed E-state index contributed by atoms with van der Waals surface area (Å²) < 4.78 is 24.3. The van der Waals surface area contributed by atoms with Crippen LogP contribution in [0.2, 0.25) is 0 Å². The lowest BCUT2D eigenvalue weighted by Gasteiger charge is -2.26. The number of carbonyl (C=O) groups excluding carboxylic acids is 2. The first kappa shape index (κ1) is 20.8. The molecule has 0 spiro atoms. The lowest BCUT2D eigenvalue weighted by molar-refractivity contribution is -0.137. The normalized spacial score (nSPS) is 13.8. The fourth-order valence-corrected chi connectivity index (χ4v) is 3.04. The smallest absolute Gasteiger partial charge is 0.260 e. The van der Waals surface area contributed by atoms with Crippen molar-refractivity contribution in [2.24, 2.45) is 0 Å². The van der Waals surface area contributed by atoms with Gasteiger partial charge in [-0.05, 0) is 48.7 Å². The van der Waals surface area contributed by atoms with Gasteiger partial charge in [0, 0.05) is 25.2 Å². The first-order chi connectivity index (χ1) is 14.1. The number of halogens is 1. The molecule has 7 heteroatoms. The van der Waals surface area contributed by atoms with Gasteiger partial charge in [-0.25, -0.2) is 4.39 Å². The molecule has 0 bridgehead atoms. The number of rotatable bonds is 8. The van der Waals surface area contributed by atoms with E-state index in [0.717, 1.165) is 0 Å². The van der Waals surface area contributed by atoms with E-state index in [9.17, 15) is 14.0 Å². The number of benzene rings is 2. The van der Waals surface area contributed by atoms with Crippen molar-refractivity contribution in [2.45, 2.75) is 12.8 Å². The van der Waals surface area contributed by atoms with Gasteiger partial charge >= 0.3 is 0 Å². The molecule has 2 aromatic carbocycles. The first-order valence-electron chi connectivity index (χ1n) is 9.73. The average Bonchev–Trinajstić information content (AvgIpc) is 2.77. The van der Waals surface area contributed by atoms with Gasteiger partial charge in [0.15, 0.2) is 6.61 Å². The summed E-state index contributed by atoms with van der Waals surface area (Å²) in [7, 11) is 0. The van der Waals surface area contributed by atoms with E-state index >= 15 is 0 Å². The second kappa shape index (κ2) is 10.6. The summed E-state index contributed by atoms with van der Waals surface area (Å²) in [5, 5.41) is 2.83. The van der Waals surface area contributed by atoms with Gasteiger partial charge in [0.25, 0.3) is 11.8 Å². The van der Waals surface area contributed by atoms with Gasteiger partial charge in [0.2, 0.25) is 0 Å². The Morgan fingerprint density at radius 3 is 2.52 bits per heavy atom. The predicted octanol–water partition coefficient (Wildman–Crippen LogP) is 2.43. The van der Waals surface area contributed by atoms with Crippen molar-refractivity contribution in [1.82, 2.24) is 10.2 Å². The van der Waals surface area contributed by atoms with Crippen LogP contribution in [0.25, 0.3) is 0 Å². The van der Waals surface area contributed by atoms with Crippen molar-refractivity contribution >= 4 is 11.8 Å². The van der Waals surface area contributed by atoms with Crippen LogP contribution in [0.15, 0.2) is 48.5 Å². The molecule has 1 fully saturated rings. The second-order valence-corrected chi connectivity index (χ2v) is 6.76. The van der Waals surface area contributed by atoms with Crippen LogP contribution in [0.1, 0.15) is 22.3 Å². The third-order valence-corrected chi connectivity index (χ3v) is 4.71. The van der Waals surface area contributed by atoms with Gasteiger partial charge in [-0.3, -0.25) is 9.59 Å². The fourth-order valence-electron chi connectivity index (χ4n) is 3.04. The van der Waals surface area contributed by atoms with Crippen LogP contribution < -0.4 is 10.1 Å². The summed E-state index contributed by atoms with van der Waals surface area (Å²) in [5.41, 5.74) is 1.15. The van der Waals surface area contributed by atoms with Crippen LogP contribution in [0.3, 0.4) is 0 Å². The maximum Gasteiger partial charge on any atom is 0.260 e. The molecular weight excluding hydrogens is 375 g/mol. The van der Waals surface area contributed by atoms with Crippen molar-refractivity contribution in [3.63, 3.8) is 0 Å². The number of hydrogen-bond acceptors (Lipinski definition) is 4. The number of hydrogen-bond donors (Lipinski definition) is 1. The molecule has 29 heavy (non-hydrogen) atoms. The third-order valence-electron chi connectivity index (χ3n) is 4.71. The number of nitrogens with zero attached hydrogens (tertiary/aromatic N) is 1. The van der Waals surface area contributed by atoms with Crippen molar-refractivity contribution in [3.05, 3.63) is 65.5 Å². The summed E-state index contributed by atoms with van der Waals surface area (Å²) in [5.74, 6) is 0.0312. The molecule has 1 saturated heterocycles. The van der Waals surface area contributed by atoms with Gasteiger partial charge in [-0.1, -0.05) is 18.2 Å². The highest BCUT2D eigenvalue weighted by atomic mass is 19.1. The quantitative estimate of drug-likeness (QED) is 0.691. The summed E-state index contributed by atoms with van der Waals surface area (Å²) in [6.07, 6.45) is 1.22. The van der Waals surface area contributed by atoms with E-state index in [1.54, 1.807) is 47.4 Å². The van der Waals surface area contributed by atoms with E-state index in [-0.39, 0.29) is 24.2 Å². The van der Waals surface area contributed by atoms with Crippen molar-refractivity contribution in [1.29, 1.82) is 0 Å². The van der Waals surface area contributed by atoms with E-state index in [1.807, 2.05) is 0 Å². The molecule has 0 radical (unpaired) electrons. The maximum absolute atomic E-state index is 13.6. The Morgan fingerprint density at radius 1 is 1.07 bits per heavy atom. The van der Waals surface area contributed by atoms with Crippen molar-refractivity contribution in [2.75, 3.05) is 39.5 Å². The van der Waals surface area contributed by atoms with E-state index in [4.69, 9.17) is 9.47 Å². The first-order valence-corrected chi connectivity index (χ1v) is 9.73. The monoisotopic (exact) mass is 400 g/mol. The van der Waals surface area contributed by atoms with Crippen LogP contribution in [-0.4, -0.2) is 56.2 Å². The summed E-state index contributed by atoms with van der Waals surface area (Å²) in [6, 6.07) is 13.3. The van der Waals surface area contributed by atoms with Gasteiger partial charge < -0.3 is 19.7 Å². The number of nitrogens with one attached hydrogen (secondary N) is 1. The minimum atomic E-state index is -0.221. The zero-order chi connectivity index (χ0) is 20.5. The molecule has 0 aromatic heterocycles. The van der Waals surface area contributed by atoms with Crippen molar-refractivity contribution < 1.29 is 23.5 Å². The molecule has 0 unspecified atom stereocenters. The Bertz CT molecular complexity index is 820. The van der Waals surface area contributed by atoms with Gasteiger partial charge in [0.1, 0.15) is 11.6 Å². The van der Waals surface area contributed by atoms with E-state index in [0.29, 0.717) is 62.6 Å². The molecule has 0 atom stereocenters. The predicted molar refractivity (Wildman–Crippen MR) is 106 cm³/mol. The van der Waals surface area contributed by atoms with Crippen LogP contribution in [0.5, 0.6) is 5.75 Å². The summed E-state index contributed by atoms with van der Waals surface area (Å²) >= 11 is 0. The molecular formula is C22H25FN2O4. The second-order valence-electron chi connectivity index (χ2n) is 6.76. The molecule has 2 amide bonds. The lowest BCUT2D eigenvalue weighted by atomic mass is 10.1. The zero-order valence-electron chi connectivity index (χ0n) is 16.2. The van der Waals surface area contributed by atoms with Gasteiger partial charge in [0.05, 0.1) is 13.2 Å². The highest BCUT2D eigenvalue weighted by Crippen LogP contribution is 2.13. The number of carbonyl (C=O) groups is 2. The molecule has 2 aromatic rings. The standard InChI is InChI=1S/C22H25FN2O4/c23-20-6-2-1-4-17(20)5-3-11-24-22(27)18-7-9-19(10-8-18)29-16-21(26)25-12-14-28-15-13-25/h1-2,4,6-10H,3,5,11-16H2,(H,24,27). The maximum atomic E-state index is 13.6. The molecule has 154 valence electrons. The summed E-state index contributed by atoms with van der Waals surface area (Å²) in [4.78, 5) is 26.0. The molecule has 1 heterocycles. The topological polar surface area (TPSA) is 67.9 Å². The van der Waals surface area contributed by atoms with Crippen LogP contribution in [-0.2, 0) is 16.0 Å². The Morgan fingerprint density at radius 2 is 1.79 bits per heavy atom. The molecule has 1 N–H and O–H groups in total. The Kier molecular flexibility index (Phi) is 7.58. The molecule has 3 rings (SSSR count). The number of morpholine rings is 1. The van der Waals surface area contributed by atoms with Crippen LogP contribution in [0.4, 0.5) is 4.39 Å². The minimum Gasteiger partial charge on any atom is -0.484 e. The number of amides is 2. The van der Waals surface area contributed by atoms with Crippen molar-refractivity contribution in [3.8, 4) is 5.75 Å². The minimum absolute atomic E-state index is 0.0401. The van der Waals surface area contributed by atoms with Crippen LogP contribution >= 0.6 is 0 Å². The average molecular weight is 400 g/mol. The highest BCUT2D eigenvalue weighted by molar-refractivity contribution is 5.94. The fraction of sp³-hybridized carbons (Fsp3) is 0.364. The van der Waals surface area contributed by atoms with Gasteiger partial charge in [-0.15, -0.1) is 0 Å². The molecule has 6 nitrogen and oxygen atoms in total. The van der Waals surface area contributed by atoms with E-state index in [1.165, 1.54) is 6.07 Å². The molecule has 0 saturated carbocycles. The number of ether oxygens (including phenoxy) is 2. The Hall–Kier alpha value is -2.93. The summed E-state index contributed by atoms with van der Waals surface area (Å²) in [6.45, 7) is 2.68. The Balaban J connectivity index is 1.39. The van der Waals surface area contributed by atoms with Crippen LogP contribution in [0, 0.1) is 5.82 Å². The van der Waals surface area contributed by atoms with Gasteiger partial charge in [-0.2, -0.15) is 0 Å². The molecule has 1 aliphatic heterocycles.